The Balaban J connectivity index is 2.89. The number of anilines is 1. The van der Waals surface area contributed by atoms with Crippen LogP contribution in [-0.4, -0.2) is 9.91 Å². The molecule has 0 aliphatic rings. The Morgan fingerprint density at radius 1 is 1.32 bits per heavy atom. The largest absolute Gasteiger partial charge is 0.383 e. The number of aromatic nitrogens is 1. The lowest BCUT2D eigenvalue weighted by Crippen LogP contribution is -2.03. The number of hydrogen-bond donors (Lipinski definition) is 1. The number of nitrogens with two attached hydrogens (primary N) is 1. The zero-order valence-corrected chi connectivity index (χ0v) is 11.5. The maximum atomic E-state index is 11.1. The van der Waals surface area contributed by atoms with Crippen LogP contribution in [0, 0.1) is 24.0 Å². The second-order valence-corrected chi connectivity index (χ2v) is 5.11. The molecule has 0 saturated heterocycles. The minimum Gasteiger partial charge on any atom is -0.383 e. The predicted octanol–water partition coefficient (Wildman–Crippen LogP) is 3.47. The fraction of sp³-hybridized carbons (Fsp3) is 0.357. The Kier molecular flexibility index (Phi) is 3.14. The molecule has 1 aromatic heterocycles. The van der Waals surface area contributed by atoms with Gasteiger partial charge in [0.05, 0.1) is 10.4 Å². The summed E-state index contributed by atoms with van der Waals surface area (Å²) in [4.78, 5) is 15.1. The lowest BCUT2D eigenvalue weighted by atomic mass is 9.97. The van der Waals surface area contributed by atoms with E-state index in [1.54, 1.807) is 13.0 Å². The third-order valence-electron chi connectivity index (χ3n) is 3.42. The quantitative estimate of drug-likeness (QED) is 0.661. The number of hydrogen-bond acceptors (Lipinski definition) is 4. The number of aryl methyl sites for hydroxylation is 2. The number of nitro benzene ring substituents is 1. The topological polar surface area (TPSA) is 82.0 Å². The number of fused-ring (bicyclic) bond motifs is 1. The summed E-state index contributed by atoms with van der Waals surface area (Å²) in [6.07, 6.45) is 0. The molecule has 0 bridgehead atoms. The highest BCUT2D eigenvalue weighted by Crippen LogP contribution is 2.33. The first kappa shape index (κ1) is 13.3. The Labute approximate surface area is 111 Å². The average molecular weight is 259 g/mol. The number of benzene rings is 1. The van der Waals surface area contributed by atoms with Crippen molar-refractivity contribution in [2.75, 3.05) is 5.73 Å². The van der Waals surface area contributed by atoms with Crippen LogP contribution in [0.1, 0.15) is 36.5 Å². The van der Waals surface area contributed by atoms with Crippen molar-refractivity contribution >= 4 is 22.4 Å². The van der Waals surface area contributed by atoms with Crippen LogP contribution < -0.4 is 5.73 Å². The first-order valence-electron chi connectivity index (χ1n) is 6.17. The van der Waals surface area contributed by atoms with Gasteiger partial charge >= 0.3 is 0 Å². The molecule has 0 aliphatic carbocycles. The van der Waals surface area contributed by atoms with E-state index >= 15 is 0 Å². The maximum absolute atomic E-state index is 11.1. The van der Waals surface area contributed by atoms with Crippen LogP contribution >= 0.6 is 0 Å². The molecule has 1 heterocycles. The molecule has 2 N–H and O–H groups in total. The highest BCUT2D eigenvalue weighted by Gasteiger charge is 2.18. The molecule has 5 heteroatoms. The molecule has 1 aromatic carbocycles. The molecule has 5 nitrogen and oxygen atoms in total. The van der Waals surface area contributed by atoms with Gasteiger partial charge in [-0.3, -0.25) is 10.1 Å². The molecule has 0 amide bonds. The fourth-order valence-corrected chi connectivity index (χ4v) is 2.30. The second-order valence-electron chi connectivity index (χ2n) is 5.11. The van der Waals surface area contributed by atoms with Crippen LogP contribution in [0.2, 0.25) is 0 Å². The van der Waals surface area contributed by atoms with Crippen molar-refractivity contribution in [3.05, 3.63) is 38.9 Å². The van der Waals surface area contributed by atoms with Crippen LogP contribution in [0.4, 0.5) is 11.5 Å². The van der Waals surface area contributed by atoms with Gasteiger partial charge in [0.2, 0.25) is 0 Å². The van der Waals surface area contributed by atoms with Gasteiger partial charge in [-0.2, -0.15) is 0 Å². The average Bonchev–Trinajstić information content (AvgIpc) is 2.32. The molecule has 0 fully saturated rings. The highest BCUT2D eigenvalue weighted by molar-refractivity contribution is 5.90. The smallest absolute Gasteiger partial charge is 0.273 e. The molecule has 0 radical (unpaired) electrons. The summed E-state index contributed by atoms with van der Waals surface area (Å²) in [6.45, 7) is 7.62. The number of pyridine rings is 1. The van der Waals surface area contributed by atoms with Gasteiger partial charge in [0.1, 0.15) is 5.82 Å². The first-order valence-corrected chi connectivity index (χ1v) is 6.17. The Hall–Kier alpha value is -2.17. The van der Waals surface area contributed by atoms with E-state index in [0.717, 1.165) is 22.0 Å². The van der Waals surface area contributed by atoms with Crippen LogP contribution in [0.25, 0.3) is 10.9 Å². The Morgan fingerprint density at radius 2 is 1.95 bits per heavy atom. The highest BCUT2D eigenvalue weighted by atomic mass is 16.6. The van der Waals surface area contributed by atoms with Gasteiger partial charge < -0.3 is 5.73 Å². The van der Waals surface area contributed by atoms with Gasteiger partial charge in [0, 0.05) is 17.0 Å². The Bertz CT molecular complexity index is 678. The molecule has 2 aromatic rings. The predicted molar refractivity (Wildman–Crippen MR) is 76.4 cm³/mol. The van der Waals surface area contributed by atoms with E-state index in [1.165, 1.54) is 0 Å². The summed E-state index contributed by atoms with van der Waals surface area (Å²) in [6, 6.07) is 3.48. The molecule has 0 atom stereocenters. The van der Waals surface area contributed by atoms with Crippen LogP contribution in [0.5, 0.6) is 0 Å². The monoisotopic (exact) mass is 259 g/mol. The fourth-order valence-electron chi connectivity index (χ4n) is 2.30. The standard InChI is InChI=1S/C14H17N3O2/c1-7(2)10-6-11-9(4)12(17(18)19)5-8(3)13(11)16-14(10)15/h5-7H,1-4H3,(H2,15,16). The molecule has 0 aliphatic heterocycles. The summed E-state index contributed by atoms with van der Waals surface area (Å²) in [7, 11) is 0. The summed E-state index contributed by atoms with van der Waals surface area (Å²) in [5, 5.41) is 11.9. The number of rotatable bonds is 2. The van der Waals surface area contributed by atoms with E-state index in [9.17, 15) is 10.1 Å². The van der Waals surface area contributed by atoms with Crippen molar-refractivity contribution in [1.82, 2.24) is 4.98 Å². The minimum absolute atomic E-state index is 0.131. The van der Waals surface area contributed by atoms with E-state index in [0.29, 0.717) is 11.4 Å². The van der Waals surface area contributed by atoms with E-state index in [4.69, 9.17) is 5.73 Å². The van der Waals surface area contributed by atoms with Crippen LogP contribution in [0.3, 0.4) is 0 Å². The Morgan fingerprint density at radius 3 is 2.47 bits per heavy atom. The van der Waals surface area contributed by atoms with Gasteiger partial charge in [0.15, 0.2) is 0 Å². The summed E-state index contributed by atoms with van der Waals surface area (Å²) < 4.78 is 0. The van der Waals surface area contributed by atoms with E-state index in [1.807, 2.05) is 26.8 Å². The van der Waals surface area contributed by atoms with Crippen molar-refractivity contribution in [2.45, 2.75) is 33.6 Å². The third-order valence-corrected chi connectivity index (χ3v) is 3.42. The number of nitrogen functional groups attached to an aromatic ring is 1. The lowest BCUT2D eigenvalue weighted by Gasteiger charge is -2.13. The van der Waals surface area contributed by atoms with Gasteiger partial charge in [-0.15, -0.1) is 0 Å². The van der Waals surface area contributed by atoms with E-state index in [2.05, 4.69) is 4.98 Å². The summed E-state index contributed by atoms with van der Waals surface area (Å²) >= 11 is 0. The zero-order chi connectivity index (χ0) is 14.3. The van der Waals surface area contributed by atoms with Crippen LogP contribution in [-0.2, 0) is 0 Å². The third kappa shape index (κ3) is 2.12. The molecule has 19 heavy (non-hydrogen) atoms. The molecule has 2 rings (SSSR count). The van der Waals surface area contributed by atoms with Crippen molar-refractivity contribution in [3.8, 4) is 0 Å². The molecule has 100 valence electrons. The van der Waals surface area contributed by atoms with Gasteiger partial charge in [-0.1, -0.05) is 13.8 Å². The first-order chi connectivity index (χ1) is 8.82. The summed E-state index contributed by atoms with van der Waals surface area (Å²) in [5.41, 5.74) is 9.17. The van der Waals surface area contributed by atoms with Crippen molar-refractivity contribution in [3.63, 3.8) is 0 Å². The second kappa shape index (κ2) is 4.50. The molecule has 0 spiro atoms. The SMILES string of the molecule is Cc1c([N+](=O)[O-])cc(C)c2nc(N)c(C(C)C)cc12. The summed E-state index contributed by atoms with van der Waals surface area (Å²) in [5.74, 6) is 0.731. The van der Waals surface area contributed by atoms with Crippen LogP contribution in [0.15, 0.2) is 12.1 Å². The number of nitro groups is 1. The van der Waals surface area contributed by atoms with Crippen molar-refractivity contribution in [2.24, 2.45) is 0 Å². The van der Waals surface area contributed by atoms with Gasteiger partial charge in [-0.25, -0.2) is 4.98 Å². The zero-order valence-electron chi connectivity index (χ0n) is 11.5. The normalized spacial score (nSPS) is 11.2. The van der Waals surface area contributed by atoms with Gasteiger partial charge in [0.25, 0.3) is 5.69 Å². The number of nitrogens with zero attached hydrogens (tertiary/aromatic N) is 2. The van der Waals surface area contributed by atoms with E-state index in [-0.39, 0.29) is 16.5 Å². The van der Waals surface area contributed by atoms with Crippen molar-refractivity contribution in [1.29, 1.82) is 0 Å². The molecule has 0 saturated carbocycles. The molecular formula is C14H17N3O2. The minimum atomic E-state index is -0.354. The molecule has 0 unspecified atom stereocenters. The lowest BCUT2D eigenvalue weighted by molar-refractivity contribution is -0.385. The van der Waals surface area contributed by atoms with Gasteiger partial charge in [-0.05, 0) is 37.0 Å². The van der Waals surface area contributed by atoms with Crippen molar-refractivity contribution < 1.29 is 4.92 Å². The van der Waals surface area contributed by atoms with E-state index < -0.39 is 0 Å². The maximum Gasteiger partial charge on any atom is 0.273 e. The molecular weight excluding hydrogens is 242 g/mol.